The van der Waals surface area contributed by atoms with Gasteiger partial charge in [0.2, 0.25) is 0 Å². The fourth-order valence-electron chi connectivity index (χ4n) is 2.66. The molecule has 2 heterocycles. The lowest BCUT2D eigenvalue weighted by Gasteiger charge is -2.29. The average Bonchev–Trinajstić information content (AvgIpc) is 2.64. The maximum absolute atomic E-state index is 6.12. The minimum absolute atomic E-state index is 0.277. The van der Waals surface area contributed by atoms with Gasteiger partial charge >= 0.3 is 7.12 Å². The van der Waals surface area contributed by atoms with Gasteiger partial charge in [0.1, 0.15) is 0 Å². The third kappa shape index (κ3) is 6.00. The Balaban J connectivity index is 1.52. The predicted molar refractivity (Wildman–Crippen MR) is 102 cm³/mol. The summed E-state index contributed by atoms with van der Waals surface area (Å²) in [6.45, 7) is 5.72. The number of hydrogen-bond acceptors (Lipinski definition) is 6. The van der Waals surface area contributed by atoms with Crippen LogP contribution in [0.5, 0.6) is 0 Å². The first-order valence-electron chi connectivity index (χ1n) is 8.30. The molecule has 1 aromatic rings. The highest BCUT2D eigenvalue weighted by Crippen LogP contribution is 2.11. The van der Waals surface area contributed by atoms with Crippen molar-refractivity contribution in [3.05, 3.63) is 30.3 Å². The Kier molecular flexibility index (Phi) is 7.64. The molecule has 0 saturated carbocycles. The van der Waals surface area contributed by atoms with Gasteiger partial charge in [-0.2, -0.15) is 23.5 Å². The molecule has 4 nitrogen and oxygen atoms in total. The normalized spacial score (nSPS) is 20.5. The van der Waals surface area contributed by atoms with Gasteiger partial charge in [-0.05, 0) is 5.46 Å². The smallest absolute Gasteiger partial charge is 0.394 e. The summed E-state index contributed by atoms with van der Waals surface area (Å²) in [6, 6.07) is 10.3. The Morgan fingerprint density at radius 1 is 0.783 bits per heavy atom. The van der Waals surface area contributed by atoms with E-state index < -0.39 is 0 Å². The molecule has 1 aromatic carbocycles. The quantitative estimate of drug-likeness (QED) is 0.689. The molecule has 2 aliphatic heterocycles. The lowest BCUT2D eigenvalue weighted by atomic mass is 9.79. The van der Waals surface area contributed by atoms with Crippen molar-refractivity contribution in [2.24, 2.45) is 0 Å². The van der Waals surface area contributed by atoms with Crippen LogP contribution in [0.2, 0.25) is 0 Å². The summed E-state index contributed by atoms with van der Waals surface area (Å²) in [5.74, 6) is 4.80. The molecule has 0 spiro atoms. The Morgan fingerprint density at radius 2 is 1.26 bits per heavy atom. The van der Waals surface area contributed by atoms with Gasteiger partial charge in [0.05, 0.1) is 13.5 Å². The van der Waals surface area contributed by atoms with E-state index in [4.69, 9.17) is 9.31 Å². The van der Waals surface area contributed by atoms with E-state index in [2.05, 4.69) is 21.9 Å². The van der Waals surface area contributed by atoms with Gasteiger partial charge in [0.15, 0.2) is 0 Å². The van der Waals surface area contributed by atoms with E-state index in [-0.39, 0.29) is 7.12 Å². The van der Waals surface area contributed by atoms with E-state index in [0.29, 0.717) is 13.5 Å². The van der Waals surface area contributed by atoms with Gasteiger partial charge in [0.25, 0.3) is 0 Å². The van der Waals surface area contributed by atoms with E-state index in [1.807, 2.05) is 41.7 Å². The van der Waals surface area contributed by atoms with Gasteiger partial charge in [-0.25, -0.2) is 0 Å². The minimum Gasteiger partial charge on any atom is -0.394 e. The number of benzene rings is 1. The first-order chi connectivity index (χ1) is 11.4. The topological polar surface area (TPSA) is 24.9 Å². The Morgan fingerprint density at radius 3 is 1.74 bits per heavy atom. The van der Waals surface area contributed by atoms with Crippen molar-refractivity contribution < 1.29 is 9.31 Å². The van der Waals surface area contributed by atoms with Gasteiger partial charge in [-0.1, -0.05) is 30.3 Å². The Hall–Kier alpha value is -0.175. The largest absolute Gasteiger partial charge is 0.495 e. The van der Waals surface area contributed by atoms with Crippen molar-refractivity contribution in [3.63, 3.8) is 0 Å². The zero-order chi connectivity index (χ0) is 15.7. The zero-order valence-corrected chi connectivity index (χ0v) is 15.2. The molecule has 3 rings (SSSR count). The molecule has 0 amide bonds. The van der Waals surface area contributed by atoms with Crippen LogP contribution in [0.1, 0.15) is 0 Å². The average molecular weight is 352 g/mol. The molecule has 7 heteroatoms. The standard InChI is InChI=1S/C16H25BN2O2S2/c1-2-4-16(5-3-1)17(20-14-18-6-10-22-11-7-18)21-15-19-8-12-23-13-9-19/h1-5H,6-15H2. The summed E-state index contributed by atoms with van der Waals surface area (Å²) >= 11 is 4.04. The van der Waals surface area contributed by atoms with Crippen LogP contribution in [-0.2, 0) is 9.31 Å². The fourth-order valence-corrected chi connectivity index (χ4v) is 4.61. The van der Waals surface area contributed by atoms with Crippen LogP contribution in [0.4, 0.5) is 0 Å². The third-order valence-corrected chi connectivity index (χ3v) is 5.98. The summed E-state index contributed by atoms with van der Waals surface area (Å²) in [6.07, 6.45) is 0. The maximum Gasteiger partial charge on any atom is 0.495 e. The Labute approximate surface area is 148 Å². The van der Waals surface area contributed by atoms with Crippen molar-refractivity contribution in [1.29, 1.82) is 0 Å². The molecule has 126 valence electrons. The van der Waals surface area contributed by atoms with Crippen molar-refractivity contribution in [1.82, 2.24) is 9.80 Å². The Bertz CT molecular complexity index is 421. The van der Waals surface area contributed by atoms with E-state index in [0.717, 1.165) is 31.6 Å². The molecular formula is C16H25BN2O2S2. The fraction of sp³-hybridized carbons (Fsp3) is 0.625. The van der Waals surface area contributed by atoms with Crippen molar-refractivity contribution in [3.8, 4) is 0 Å². The molecule has 0 radical (unpaired) electrons. The molecule has 23 heavy (non-hydrogen) atoms. The van der Waals surface area contributed by atoms with Crippen molar-refractivity contribution in [2.75, 3.05) is 62.7 Å². The lowest BCUT2D eigenvalue weighted by molar-refractivity contribution is 0.0720. The van der Waals surface area contributed by atoms with Crippen LogP contribution in [0.25, 0.3) is 0 Å². The molecule has 0 bridgehead atoms. The second-order valence-corrected chi connectivity index (χ2v) is 8.24. The predicted octanol–water partition coefficient (Wildman–Crippen LogP) is 1.43. The first kappa shape index (κ1) is 17.6. The molecule has 0 aliphatic carbocycles. The molecule has 0 N–H and O–H groups in total. The molecular weight excluding hydrogens is 327 g/mol. The third-order valence-electron chi connectivity index (χ3n) is 4.10. The summed E-state index contributed by atoms with van der Waals surface area (Å²) in [7, 11) is -0.277. The second-order valence-electron chi connectivity index (χ2n) is 5.79. The minimum atomic E-state index is -0.277. The maximum atomic E-state index is 6.12. The number of nitrogens with zero attached hydrogens (tertiary/aromatic N) is 2. The highest BCUT2D eigenvalue weighted by atomic mass is 32.2. The van der Waals surface area contributed by atoms with E-state index in [1.165, 1.54) is 23.0 Å². The first-order valence-corrected chi connectivity index (χ1v) is 10.6. The highest BCUT2D eigenvalue weighted by molar-refractivity contribution is 7.99. The van der Waals surface area contributed by atoms with Crippen molar-refractivity contribution in [2.45, 2.75) is 0 Å². The van der Waals surface area contributed by atoms with Crippen LogP contribution in [0.3, 0.4) is 0 Å². The molecule has 2 aliphatic rings. The summed E-state index contributed by atoms with van der Waals surface area (Å²) in [5, 5.41) is 0. The monoisotopic (exact) mass is 352 g/mol. The van der Waals surface area contributed by atoms with Crippen LogP contribution >= 0.6 is 23.5 Å². The molecule has 0 atom stereocenters. The number of hydrogen-bond donors (Lipinski definition) is 0. The van der Waals surface area contributed by atoms with Gasteiger partial charge in [-0.15, -0.1) is 0 Å². The van der Waals surface area contributed by atoms with E-state index in [1.54, 1.807) is 0 Å². The highest BCUT2D eigenvalue weighted by Gasteiger charge is 2.24. The lowest BCUT2D eigenvalue weighted by Crippen LogP contribution is -2.45. The SMILES string of the molecule is c1ccc(B(OCN2CCSCC2)OCN2CCSCC2)cc1. The van der Waals surface area contributed by atoms with Crippen LogP contribution in [-0.4, -0.2) is 79.6 Å². The van der Waals surface area contributed by atoms with Gasteiger partial charge < -0.3 is 9.31 Å². The summed E-state index contributed by atoms with van der Waals surface area (Å²) < 4.78 is 12.2. The van der Waals surface area contributed by atoms with Crippen LogP contribution in [0, 0.1) is 0 Å². The van der Waals surface area contributed by atoms with Crippen molar-refractivity contribution >= 4 is 36.1 Å². The molecule has 2 saturated heterocycles. The van der Waals surface area contributed by atoms with E-state index in [9.17, 15) is 0 Å². The van der Waals surface area contributed by atoms with Gasteiger partial charge in [-0.3, -0.25) is 9.80 Å². The summed E-state index contributed by atoms with van der Waals surface area (Å²) in [4.78, 5) is 4.74. The zero-order valence-electron chi connectivity index (χ0n) is 13.6. The van der Waals surface area contributed by atoms with E-state index >= 15 is 0 Å². The number of thioether (sulfide) groups is 2. The molecule has 0 unspecified atom stereocenters. The molecule has 0 aromatic heterocycles. The van der Waals surface area contributed by atoms with Crippen LogP contribution < -0.4 is 5.46 Å². The summed E-state index contributed by atoms with van der Waals surface area (Å²) in [5.41, 5.74) is 1.10. The molecule has 2 fully saturated rings. The number of rotatable bonds is 7. The van der Waals surface area contributed by atoms with Crippen LogP contribution in [0.15, 0.2) is 30.3 Å². The van der Waals surface area contributed by atoms with Gasteiger partial charge in [0, 0.05) is 49.2 Å². The second kappa shape index (κ2) is 9.96.